The smallest absolute Gasteiger partial charge is 0.0685 e. The predicted octanol–water partition coefficient (Wildman–Crippen LogP) is 4.36. The number of rotatable bonds is 0. The summed E-state index contributed by atoms with van der Waals surface area (Å²) in [6, 6.07) is 6.25. The first-order valence-electron chi connectivity index (χ1n) is 4.54. The SMILES string of the molecule is CC(C)(C)c1nsc2cccc(Br)c12. The van der Waals surface area contributed by atoms with E-state index in [0.29, 0.717) is 0 Å². The zero-order chi connectivity index (χ0) is 10.3. The highest BCUT2D eigenvalue weighted by molar-refractivity contribution is 9.10. The van der Waals surface area contributed by atoms with Gasteiger partial charge in [-0.1, -0.05) is 42.8 Å². The van der Waals surface area contributed by atoms with Gasteiger partial charge in [0.1, 0.15) is 0 Å². The van der Waals surface area contributed by atoms with Crippen molar-refractivity contribution in [2.24, 2.45) is 0 Å². The summed E-state index contributed by atoms with van der Waals surface area (Å²) in [6.07, 6.45) is 0. The van der Waals surface area contributed by atoms with Crippen LogP contribution in [-0.2, 0) is 5.41 Å². The molecule has 1 heterocycles. The number of nitrogens with zero attached hydrogens (tertiary/aromatic N) is 1. The summed E-state index contributed by atoms with van der Waals surface area (Å²) in [5.74, 6) is 0. The van der Waals surface area contributed by atoms with Crippen LogP contribution < -0.4 is 0 Å². The maximum absolute atomic E-state index is 4.54. The molecule has 14 heavy (non-hydrogen) atoms. The third-order valence-corrected chi connectivity index (χ3v) is 3.63. The molecule has 0 atom stereocenters. The van der Waals surface area contributed by atoms with Crippen molar-refractivity contribution < 1.29 is 0 Å². The lowest BCUT2D eigenvalue weighted by Gasteiger charge is -2.16. The van der Waals surface area contributed by atoms with E-state index in [9.17, 15) is 0 Å². The average molecular weight is 270 g/mol. The fourth-order valence-corrected chi connectivity index (χ4v) is 3.14. The first kappa shape index (κ1) is 10.1. The van der Waals surface area contributed by atoms with E-state index in [1.165, 1.54) is 15.8 Å². The molecule has 0 saturated heterocycles. The average Bonchev–Trinajstić information content (AvgIpc) is 2.47. The Bertz CT molecular complexity index is 468. The highest BCUT2D eigenvalue weighted by Gasteiger charge is 2.21. The van der Waals surface area contributed by atoms with Crippen LogP contribution in [0.4, 0.5) is 0 Å². The second kappa shape index (κ2) is 3.31. The molecule has 0 saturated carbocycles. The number of hydrogen-bond donors (Lipinski definition) is 0. The summed E-state index contributed by atoms with van der Waals surface area (Å²) in [5.41, 5.74) is 1.30. The molecule has 0 amide bonds. The van der Waals surface area contributed by atoms with Gasteiger partial charge in [-0.15, -0.1) is 0 Å². The Kier molecular flexibility index (Phi) is 2.40. The van der Waals surface area contributed by atoms with Crippen molar-refractivity contribution in [3.8, 4) is 0 Å². The standard InChI is InChI=1S/C11H12BrNS/c1-11(2,3)10-9-7(12)5-4-6-8(9)14-13-10/h4-6H,1-3H3. The Morgan fingerprint density at radius 3 is 2.64 bits per heavy atom. The molecule has 2 rings (SSSR count). The van der Waals surface area contributed by atoms with E-state index in [0.717, 1.165) is 4.47 Å². The minimum Gasteiger partial charge on any atom is -0.196 e. The quantitative estimate of drug-likeness (QED) is 0.693. The minimum absolute atomic E-state index is 0.113. The molecule has 0 aliphatic rings. The Labute approximate surface area is 96.4 Å². The molecule has 74 valence electrons. The highest BCUT2D eigenvalue weighted by Crippen LogP contribution is 2.35. The number of aromatic nitrogens is 1. The summed E-state index contributed by atoms with van der Waals surface area (Å²) >= 11 is 5.16. The van der Waals surface area contributed by atoms with E-state index in [2.05, 4.69) is 59.3 Å². The van der Waals surface area contributed by atoms with Crippen LogP contribution in [0.2, 0.25) is 0 Å². The van der Waals surface area contributed by atoms with Crippen molar-refractivity contribution in [1.82, 2.24) is 4.37 Å². The lowest BCUT2D eigenvalue weighted by molar-refractivity contribution is 0.581. The summed E-state index contributed by atoms with van der Waals surface area (Å²) in [6.45, 7) is 6.59. The molecule has 0 aliphatic heterocycles. The van der Waals surface area contributed by atoms with Crippen LogP contribution in [0.1, 0.15) is 26.5 Å². The van der Waals surface area contributed by atoms with Gasteiger partial charge in [0.25, 0.3) is 0 Å². The number of hydrogen-bond acceptors (Lipinski definition) is 2. The Morgan fingerprint density at radius 1 is 1.29 bits per heavy atom. The van der Waals surface area contributed by atoms with E-state index >= 15 is 0 Å². The first-order chi connectivity index (χ1) is 6.50. The molecule has 2 aromatic rings. The van der Waals surface area contributed by atoms with Crippen molar-refractivity contribution in [3.63, 3.8) is 0 Å². The maximum atomic E-state index is 4.54. The van der Waals surface area contributed by atoms with Crippen LogP contribution in [-0.4, -0.2) is 4.37 Å². The monoisotopic (exact) mass is 269 g/mol. The molecule has 0 radical (unpaired) electrons. The predicted molar refractivity (Wildman–Crippen MR) is 66.0 cm³/mol. The van der Waals surface area contributed by atoms with Gasteiger partial charge >= 0.3 is 0 Å². The van der Waals surface area contributed by atoms with Gasteiger partial charge in [-0.25, -0.2) is 0 Å². The van der Waals surface area contributed by atoms with Crippen molar-refractivity contribution in [3.05, 3.63) is 28.4 Å². The van der Waals surface area contributed by atoms with Crippen LogP contribution in [0.3, 0.4) is 0 Å². The third kappa shape index (κ3) is 1.59. The van der Waals surface area contributed by atoms with E-state index < -0.39 is 0 Å². The fraction of sp³-hybridized carbons (Fsp3) is 0.364. The summed E-state index contributed by atoms with van der Waals surface area (Å²) in [7, 11) is 0. The second-order valence-corrected chi connectivity index (χ2v) is 6.05. The molecule has 0 aliphatic carbocycles. The summed E-state index contributed by atoms with van der Waals surface area (Å²) < 4.78 is 6.94. The zero-order valence-electron chi connectivity index (χ0n) is 8.47. The van der Waals surface area contributed by atoms with Crippen LogP contribution >= 0.6 is 27.5 Å². The van der Waals surface area contributed by atoms with Gasteiger partial charge in [0.15, 0.2) is 0 Å². The molecule has 1 nitrogen and oxygen atoms in total. The Morgan fingerprint density at radius 2 is 2.00 bits per heavy atom. The van der Waals surface area contributed by atoms with Crippen molar-refractivity contribution >= 4 is 37.5 Å². The van der Waals surface area contributed by atoms with Gasteiger partial charge in [-0.05, 0) is 23.7 Å². The lowest BCUT2D eigenvalue weighted by Crippen LogP contribution is -2.11. The molecule has 3 heteroatoms. The molecule has 0 N–H and O–H groups in total. The molecule has 0 fully saturated rings. The van der Waals surface area contributed by atoms with Gasteiger partial charge in [-0.2, -0.15) is 4.37 Å². The molecular weight excluding hydrogens is 258 g/mol. The van der Waals surface area contributed by atoms with Gasteiger partial charge in [-0.3, -0.25) is 0 Å². The molecule has 1 aromatic carbocycles. The van der Waals surface area contributed by atoms with E-state index in [4.69, 9.17) is 0 Å². The van der Waals surface area contributed by atoms with Crippen molar-refractivity contribution in [1.29, 1.82) is 0 Å². The summed E-state index contributed by atoms with van der Waals surface area (Å²) in [4.78, 5) is 0. The van der Waals surface area contributed by atoms with Gasteiger partial charge in [0.2, 0.25) is 0 Å². The van der Waals surface area contributed by atoms with Gasteiger partial charge < -0.3 is 0 Å². The fourth-order valence-electron chi connectivity index (χ4n) is 1.46. The molecule has 0 unspecified atom stereocenters. The van der Waals surface area contributed by atoms with Crippen LogP contribution in [0, 0.1) is 0 Å². The third-order valence-electron chi connectivity index (χ3n) is 2.16. The topological polar surface area (TPSA) is 12.9 Å². The van der Waals surface area contributed by atoms with Crippen LogP contribution in [0.25, 0.3) is 10.1 Å². The number of benzene rings is 1. The lowest BCUT2D eigenvalue weighted by atomic mass is 9.90. The van der Waals surface area contributed by atoms with E-state index in [-0.39, 0.29) is 5.41 Å². The maximum Gasteiger partial charge on any atom is 0.0685 e. The van der Waals surface area contributed by atoms with Gasteiger partial charge in [0, 0.05) is 15.3 Å². The van der Waals surface area contributed by atoms with E-state index in [1.54, 1.807) is 11.5 Å². The second-order valence-electron chi connectivity index (χ2n) is 4.39. The van der Waals surface area contributed by atoms with Crippen molar-refractivity contribution in [2.75, 3.05) is 0 Å². The Hall–Kier alpha value is -0.410. The van der Waals surface area contributed by atoms with E-state index in [1.807, 2.05) is 0 Å². The minimum atomic E-state index is 0.113. The largest absolute Gasteiger partial charge is 0.196 e. The van der Waals surface area contributed by atoms with Crippen LogP contribution in [0.15, 0.2) is 22.7 Å². The zero-order valence-corrected chi connectivity index (χ0v) is 10.9. The normalized spacial score (nSPS) is 12.3. The molecule has 0 bridgehead atoms. The number of halogens is 1. The highest BCUT2D eigenvalue weighted by atomic mass is 79.9. The number of fused-ring (bicyclic) bond motifs is 1. The van der Waals surface area contributed by atoms with Crippen LogP contribution in [0.5, 0.6) is 0 Å². The molecule has 1 aromatic heterocycles. The van der Waals surface area contributed by atoms with Gasteiger partial charge in [0.05, 0.1) is 10.4 Å². The first-order valence-corrected chi connectivity index (χ1v) is 6.11. The molecular formula is C11H12BrNS. The molecule has 0 spiro atoms. The van der Waals surface area contributed by atoms with Crippen molar-refractivity contribution in [2.45, 2.75) is 26.2 Å². The Balaban J connectivity index is 2.80. The summed E-state index contributed by atoms with van der Waals surface area (Å²) in [5, 5.41) is 1.27.